The van der Waals surface area contributed by atoms with Crippen LogP contribution in [0.2, 0.25) is 0 Å². The Morgan fingerprint density at radius 2 is 1.88 bits per heavy atom. The van der Waals surface area contributed by atoms with Crippen molar-refractivity contribution in [2.24, 2.45) is 5.92 Å². The molecule has 0 saturated carbocycles. The van der Waals surface area contributed by atoms with Crippen molar-refractivity contribution in [1.82, 2.24) is 9.21 Å². The lowest BCUT2D eigenvalue weighted by molar-refractivity contribution is -0.385. The van der Waals surface area contributed by atoms with Gasteiger partial charge in [0.15, 0.2) is 0 Å². The lowest BCUT2D eigenvalue weighted by atomic mass is 10.0. The molecular weight excluding hydrogens is 358 g/mol. The van der Waals surface area contributed by atoms with Crippen LogP contribution in [0.3, 0.4) is 0 Å². The number of nitro groups is 1. The quantitative estimate of drug-likeness (QED) is 0.553. The summed E-state index contributed by atoms with van der Waals surface area (Å²) in [5, 5.41) is 11.0. The predicted octanol–water partition coefficient (Wildman–Crippen LogP) is 2.17. The summed E-state index contributed by atoms with van der Waals surface area (Å²) in [6, 6.07) is 3.84. The highest BCUT2D eigenvalue weighted by Crippen LogP contribution is 2.26. The molecule has 0 aliphatic carbocycles. The molecule has 0 N–H and O–H groups in total. The normalized spacial score (nSPS) is 17.1. The van der Waals surface area contributed by atoms with Crippen LogP contribution < -0.4 is 0 Å². The van der Waals surface area contributed by atoms with E-state index in [1.165, 1.54) is 16.4 Å². The maximum Gasteiger partial charge on any atom is 0.270 e. The number of hydrogen-bond donors (Lipinski definition) is 0. The van der Waals surface area contributed by atoms with Crippen molar-refractivity contribution >= 4 is 21.6 Å². The number of non-ortho nitro benzene ring substituents is 1. The molecule has 2 rings (SSSR count). The van der Waals surface area contributed by atoms with Crippen molar-refractivity contribution in [1.29, 1.82) is 0 Å². The van der Waals surface area contributed by atoms with Crippen LogP contribution in [0.5, 0.6) is 0 Å². The van der Waals surface area contributed by atoms with Crippen molar-refractivity contribution in [2.45, 2.75) is 38.5 Å². The Morgan fingerprint density at radius 3 is 2.42 bits per heavy atom. The van der Waals surface area contributed by atoms with Crippen LogP contribution in [0.1, 0.15) is 32.3 Å². The van der Waals surface area contributed by atoms with Crippen molar-refractivity contribution in [3.05, 3.63) is 33.9 Å². The number of carbonyl (C=O) groups excluding carboxylic acids is 1. The van der Waals surface area contributed by atoms with Crippen LogP contribution in [0.15, 0.2) is 23.1 Å². The molecule has 1 fully saturated rings. The third-order valence-corrected chi connectivity index (χ3v) is 6.73. The Labute approximate surface area is 154 Å². The molecule has 1 saturated heterocycles. The van der Waals surface area contributed by atoms with Gasteiger partial charge in [0.05, 0.1) is 9.82 Å². The first kappa shape index (κ1) is 20.3. The Morgan fingerprint density at radius 1 is 1.27 bits per heavy atom. The highest BCUT2D eigenvalue weighted by Gasteiger charge is 2.32. The molecule has 8 nitrogen and oxygen atoms in total. The molecule has 1 amide bonds. The molecule has 0 aromatic heterocycles. The minimum absolute atomic E-state index is 0.0502. The van der Waals surface area contributed by atoms with E-state index in [1.807, 2.05) is 13.8 Å². The number of nitrogens with zero attached hydrogens (tertiary/aromatic N) is 3. The number of carbonyl (C=O) groups is 1. The summed E-state index contributed by atoms with van der Waals surface area (Å²) < 4.78 is 27.1. The molecule has 1 aliphatic heterocycles. The van der Waals surface area contributed by atoms with Crippen molar-refractivity contribution < 1.29 is 18.1 Å². The number of nitro benzene ring substituents is 1. The topological polar surface area (TPSA) is 101 Å². The Balaban J connectivity index is 2.15. The first-order valence-electron chi connectivity index (χ1n) is 8.72. The smallest absolute Gasteiger partial charge is 0.270 e. The molecule has 1 aromatic rings. The van der Waals surface area contributed by atoms with Gasteiger partial charge in [-0.3, -0.25) is 14.9 Å². The van der Waals surface area contributed by atoms with Crippen molar-refractivity contribution in [3.8, 4) is 0 Å². The number of piperazine rings is 1. The minimum atomic E-state index is -3.84. The van der Waals surface area contributed by atoms with Gasteiger partial charge in [0.25, 0.3) is 5.69 Å². The van der Waals surface area contributed by atoms with Crippen molar-refractivity contribution in [3.63, 3.8) is 0 Å². The molecule has 1 heterocycles. The van der Waals surface area contributed by atoms with Gasteiger partial charge in [-0.25, -0.2) is 8.42 Å². The summed E-state index contributed by atoms with van der Waals surface area (Å²) in [7, 11) is -3.84. The van der Waals surface area contributed by atoms with Gasteiger partial charge < -0.3 is 4.90 Å². The Hall–Kier alpha value is -2.00. The van der Waals surface area contributed by atoms with E-state index in [2.05, 4.69) is 0 Å². The first-order chi connectivity index (χ1) is 12.2. The average molecular weight is 383 g/mol. The van der Waals surface area contributed by atoms with E-state index in [0.29, 0.717) is 18.7 Å². The van der Waals surface area contributed by atoms with Gasteiger partial charge in [-0.15, -0.1) is 0 Å². The maximum absolute atomic E-state index is 12.9. The highest BCUT2D eigenvalue weighted by atomic mass is 32.2. The van der Waals surface area contributed by atoms with E-state index in [4.69, 9.17) is 0 Å². The number of aryl methyl sites for hydroxylation is 1. The molecule has 144 valence electrons. The Kier molecular flexibility index (Phi) is 6.35. The fraction of sp³-hybridized carbons (Fsp3) is 0.588. The van der Waals surface area contributed by atoms with Crippen LogP contribution in [0.4, 0.5) is 5.69 Å². The fourth-order valence-electron chi connectivity index (χ4n) is 3.14. The second kappa shape index (κ2) is 8.13. The molecule has 1 atom stereocenters. The Bertz CT molecular complexity index is 786. The third kappa shape index (κ3) is 4.21. The van der Waals surface area contributed by atoms with Crippen molar-refractivity contribution in [2.75, 3.05) is 26.2 Å². The molecule has 26 heavy (non-hydrogen) atoms. The van der Waals surface area contributed by atoms with E-state index in [9.17, 15) is 23.3 Å². The second-order valence-corrected chi connectivity index (χ2v) is 8.53. The number of sulfonamides is 1. The average Bonchev–Trinajstić information content (AvgIpc) is 2.61. The number of amides is 1. The third-order valence-electron chi connectivity index (χ3n) is 4.69. The van der Waals surface area contributed by atoms with E-state index < -0.39 is 14.9 Å². The highest BCUT2D eigenvalue weighted by molar-refractivity contribution is 7.89. The number of hydrogen-bond acceptors (Lipinski definition) is 5. The van der Waals surface area contributed by atoms with Gasteiger partial charge >= 0.3 is 0 Å². The molecule has 1 aromatic carbocycles. The zero-order valence-corrected chi connectivity index (χ0v) is 16.2. The van der Waals surface area contributed by atoms with Crippen LogP contribution in [0, 0.1) is 23.0 Å². The van der Waals surface area contributed by atoms with Crippen LogP contribution >= 0.6 is 0 Å². The van der Waals surface area contributed by atoms with E-state index >= 15 is 0 Å². The molecule has 0 spiro atoms. The zero-order valence-electron chi connectivity index (χ0n) is 15.3. The van der Waals surface area contributed by atoms with Gasteiger partial charge in [0.2, 0.25) is 15.9 Å². The molecular formula is C17H25N3O5S. The standard InChI is InChI=1S/C17H25N3O5S/c1-4-5-14(3)17(21)18-8-10-19(11-9-18)26(24,25)16-12-15(20(22)23)7-6-13(16)2/h6-7,12,14H,4-5,8-11H2,1-3H3. The van der Waals surface area contributed by atoms with Gasteiger partial charge in [-0.05, 0) is 18.9 Å². The summed E-state index contributed by atoms with van der Waals surface area (Å²) >= 11 is 0. The molecule has 9 heteroatoms. The van der Waals surface area contributed by atoms with Gasteiger partial charge in [0, 0.05) is 44.2 Å². The number of rotatable bonds is 6. The van der Waals surface area contributed by atoms with Crippen LogP contribution in [-0.2, 0) is 14.8 Å². The van der Waals surface area contributed by atoms with Gasteiger partial charge in [-0.2, -0.15) is 4.31 Å². The first-order valence-corrected chi connectivity index (χ1v) is 10.2. The SMILES string of the molecule is CCCC(C)C(=O)N1CCN(S(=O)(=O)c2cc([N+](=O)[O-])ccc2C)CC1. The molecule has 1 unspecified atom stereocenters. The van der Waals surface area contributed by atoms with Crippen LogP contribution in [-0.4, -0.2) is 54.6 Å². The lowest BCUT2D eigenvalue weighted by Gasteiger charge is -2.35. The van der Waals surface area contributed by atoms with E-state index in [1.54, 1.807) is 11.8 Å². The minimum Gasteiger partial charge on any atom is -0.340 e. The molecule has 0 radical (unpaired) electrons. The molecule has 0 bridgehead atoms. The summed E-state index contributed by atoms with van der Waals surface area (Å²) in [6.45, 7) is 6.57. The predicted molar refractivity (Wildman–Crippen MR) is 97.2 cm³/mol. The van der Waals surface area contributed by atoms with E-state index in [0.717, 1.165) is 18.9 Å². The van der Waals surface area contributed by atoms with Crippen LogP contribution in [0.25, 0.3) is 0 Å². The fourth-order valence-corrected chi connectivity index (χ4v) is 4.80. The summed E-state index contributed by atoms with van der Waals surface area (Å²) in [5.41, 5.74) is 0.210. The number of benzene rings is 1. The second-order valence-electron chi connectivity index (χ2n) is 6.63. The zero-order chi connectivity index (χ0) is 19.5. The van der Waals surface area contributed by atoms with E-state index in [-0.39, 0.29) is 35.5 Å². The van der Waals surface area contributed by atoms with Gasteiger partial charge in [-0.1, -0.05) is 26.3 Å². The summed E-state index contributed by atoms with van der Waals surface area (Å²) in [6.07, 6.45) is 1.73. The van der Waals surface area contributed by atoms with Gasteiger partial charge in [0.1, 0.15) is 0 Å². The largest absolute Gasteiger partial charge is 0.340 e. The lowest BCUT2D eigenvalue weighted by Crippen LogP contribution is -2.51. The summed E-state index contributed by atoms with van der Waals surface area (Å²) in [4.78, 5) is 24.4. The summed E-state index contributed by atoms with van der Waals surface area (Å²) in [5.74, 6) is -0.0161. The monoisotopic (exact) mass is 383 g/mol. The molecule has 1 aliphatic rings. The maximum atomic E-state index is 12.9.